The standard InChI is InChI=1S/C18H21FN4O2/c1-12-11-16(25-2)22-18(20-12)23-9-7-13(8-10-23)17(24)21-15-5-3-14(19)4-6-15/h3-6,11,13H,7-10H2,1-2H3,(H,21,24). The van der Waals surface area contributed by atoms with Crippen LogP contribution in [0.25, 0.3) is 0 Å². The number of amides is 1. The molecule has 1 aromatic heterocycles. The van der Waals surface area contributed by atoms with E-state index in [1.807, 2.05) is 6.92 Å². The molecule has 2 aromatic rings. The van der Waals surface area contributed by atoms with Crippen molar-refractivity contribution in [2.75, 3.05) is 30.4 Å². The first kappa shape index (κ1) is 17.1. The zero-order chi connectivity index (χ0) is 17.8. The summed E-state index contributed by atoms with van der Waals surface area (Å²) in [6.45, 7) is 3.30. The molecule has 0 bridgehead atoms. The van der Waals surface area contributed by atoms with E-state index in [9.17, 15) is 9.18 Å². The molecule has 1 fully saturated rings. The summed E-state index contributed by atoms with van der Waals surface area (Å²) in [6.07, 6.45) is 1.43. The molecule has 0 saturated carbocycles. The van der Waals surface area contributed by atoms with E-state index in [1.54, 1.807) is 25.3 Å². The number of halogens is 1. The minimum absolute atomic E-state index is 0.0333. The molecule has 3 rings (SSSR count). The Kier molecular flexibility index (Phi) is 5.11. The number of aryl methyl sites for hydroxylation is 1. The zero-order valence-corrected chi connectivity index (χ0v) is 14.3. The van der Waals surface area contributed by atoms with Gasteiger partial charge in [0.05, 0.1) is 7.11 Å². The molecule has 132 valence electrons. The molecule has 0 radical (unpaired) electrons. The summed E-state index contributed by atoms with van der Waals surface area (Å²) in [7, 11) is 1.58. The Balaban J connectivity index is 1.58. The second-order valence-electron chi connectivity index (χ2n) is 6.11. The Hall–Kier alpha value is -2.70. The van der Waals surface area contributed by atoms with E-state index < -0.39 is 0 Å². The van der Waals surface area contributed by atoms with Gasteiger partial charge in [0.1, 0.15) is 5.82 Å². The highest BCUT2D eigenvalue weighted by Crippen LogP contribution is 2.24. The molecule has 6 nitrogen and oxygen atoms in total. The molecular weight excluding hydrogens is 323 g/mol. The molecule has 1 aliphatic rings. The van der Waals surface area contributed by atoms with Crippen LogP contribution >= 0.6 is 0 Å². The van der Waals surface area contributed by atoms with E-state index in [0.717, 1.165) is 5.69 Å². The van der Waals surface area contributed by atoms with Gasteiger partial charge in [0.2, 0.25) is 17.7 Å². The molecule has 25 heavy (non-hydrogen) atoms. The van der Waals surface area contributed by atoms with Gasteiger partial charge in [0.25, 0.3) is 0 Å². The average Bonchev–Trinajstić information content (AvgIpc) is 2.63. The first-order valence-corrected chi connectivity index (χ1v) is 8.26. The lowest BCUT2D eigenvalue weighted by molar-refractivity contribution is -0.120. The van der Waals surface area contributed by atoms with Crippen molar-refractivity contribution in [1.82, 2.24) is 9.97 Å². The molecule has 0 unspecified atom stereocenters. The van der Waals surface area contributed by atoms with Gasteiger partial charge in [-0.2, -0.15) is 4.98 Å². The van der Waals surface area contributed by atoms with E-state index in [4.69, 9.17) is 4.74 Å². The van der Waals surface area contributed by atoms with E-state index in [0.29, 0.717) is 43.4 Å². The van der Waals surface area contributed by atoms with E-state index >= 15 is 0 Å². The van der Waals surface area contributed by atoms with Crippen LogP contribution in [0.4, 0.5) is 16.0 Å². The van der Waals surface area contributed by atoms with Gasteiger partial charge in [-0.25, -0.2) is 9.37 Å². The number of rotatable bonds is 4. The molecule has 7 heteroatoms. The summed E-state index contributed by atoms with van der Waals surface area (Å²) in [5.41, 5.74) is 1.46. The molecule has 0 aliphatic carbocycles. The summed E-state index contributed by atoms with van der Waals surface area (Å²) < 4.78 is 18.1. The van der Waals surface area contributed by atoms with Gasteiger partial charge in [-0.1, -0.05) is 0 Å². The van der Waals surface area contributed by atoms with Crippen LogP contribution in [-0.4, -0.2) is 36.1 Å². The van der Waals surface area contributed by atoms with Crippen LogP contribution in [0.5, 0.6) is 5.88 Å². The molecular formula is C18H21FN4O2. The van der Waals surface area contributed by atoms with Crippen LogP contribution in [0.1, 0.15) is 18.5 Å². The van der Waals surface area contributed by atoms with Crippen LogP contribution in [0.3, 0.4) is 0 Å². The van der Waals surface area contributed by atoms with Crippen molar-refractivity contribution in [3.8, 4) is 5.88 Å². The first-order chi connectivity index (χ1) is 12.0. The minimum Gasteiger partial charge on any atom is -0.481 e. The third-order valence-corrected chi connectivity index (χ3v) is 4.29. The lowest BCUT2D eigenvalue weighted by Crippen LogP contribution is -2.39. The molecule has 2 heterocycles. The smallest absolute Gasteiger partial charge is 0.228 e. The monoisotopic (exact) mass is 344 g/mol. The van der Waals surface area contributed by atoms with Crippen LogP contribution < -0.4 is 15.0 Å². The normalized spacial score (nSPS) is 15.1. The molecule has 0 atom stereocenters. The van der Waals surface area contributed by atoms with Gasteiger partial charge >= 0.3 is 0 Å². The number of aromatic nitrogens is 2. The van der Waals surface area contributed by atoms with Crippen LogP contribution in [0, 0.1) is 18.7 Å². The van der Waals surface area contributed by atoms with Crippen molar-refractivity contribution < 1.29 is 13.9 Å². The van der Waals surface area contributed by atoms with Crippen molar-refractivity contribution in [2.45, 2.75) is 19.8 Å². The number of anilines is 2. The highest BCUT2D eigenvalue weighted by Gasteiger charge is 2.26. The largest absolute Gasteiger partial charge is 0.481 e. The first-order valence-electron chi connectivity index (χ1n) is 8.26. The van der Waals surface area contributed by atoms with Crippen LogP contribution in [0.15, 0.2) is 30.3 Å². The number of hydrogen-bond acceptors (Lipinski definition) is 5. The highest BCUT2D eigenvalue weighted by atomic mass is 19.1. The molecule has 1 aliphatic heterocycles. The fourth-order valence-electron chi connectivity index (χ4n) is 2.89. The predicted octanol–water partition coefficient (Wildman–Crippen LogP) is 2.79. The number of nitrogens with one attached hydrogen (secondary N) is 1. The fraction of sp³-hybridized carbons (Fsp3) is 0.389. The van der Waals surface area contributed by atoms with E-state index in [2.05, 4.69) is 20.2 Å². The van der Waals surface area contributed by atoms with Gasteiger partial charge in [0.15, 0.2) is 0 Å². The quantitative estimate of drug-likeness (QED) is 0.924. The average molecular weight is 344 g/mol. The minimum atomic E-state index is -0.320. The second-order valence-corrected chi connectivity index (χ2v) is 6.11. The summed E-state index contributed by atoms with van der Waals surface area (Å²) in [4.78, 5) is 23.3. The Bertz CT molecular complexity index is 743. The van der Waals surface area contributed by atoms with Crippen LogP contribution in [-0.2, 0) is 4.79 Å². The van der Waals surface area contributed by atoms with Gasteiger partial charge in [-0.05, 0) is 44.0 Å². The van der Waals surface area contributed by atoms with Crippen LogP contribution in [0.2, 0.25) is 0 Å². The molecule has 1 amide bonds. The fourth-order valence-corrected chi connectivity index (χ4v) is 2.89. The third kappa shape index (κ3) is 4.23. The Morgan fingerprint density at radius 3 is 2.56 bits per heavy atom. The van der Waals surface area contributed by atoms with Gasteiger partial charge in [-0.15, -0.1) is 0 Å². The Morgan fingerprint density at radius 1 is 1.24 bits per heavy atom. The third-order valence-electron chi connectivity index (χ3n) is 4.29. The van der Waals surface area contributed by atoms with Crippen molar-refractivity contribution in [2.24, 2.45) is 5.92 Å². The summed E-state index contributed by atoms with van der Waals surface area (Å²) in [5, 5.41) is 2.85. The number of carbonyl (C=O) groups excluding carboxylic acids is 1. The predicted molar refractivity (Wildman–Crippen MR) is 93.3 cm³/mol. The number of nitrogens with zero attached hydrogens (tertiary/aromatic N) is 3. The lowest BCUT2D eigenvalue weighted by Gasteiger charge is -2.31. The molecule has 1 aromatic carbocycles. The van der Waals surface area contributed by atoms with E-state index in [1.165, 1.54) is 12.1 Å². The number of carbonyl (C=O) groups is 1. The number of ether oxygens (including phenoxy) is 1. The van der Waals surface area contributed by atoms with Crippen molar-refractivity contribution in [3.63, 3.8) is 0 Å². The number of piperidine rings is 1. The SMILES string of the molecule is COc1cc(C)nc(N2CCC(C(=O)Nc3ccc(F)cc3)CC2)n1. The Morgan fingerprint density at radius 2 is 1.92 bits per heavy atom. The maximum atomic E-state index is 12.9. The summed E-state index contributed by atoms with van der Waals surface area (Å²) in [5.74, 6) is 0.745. The molecule has 1 saturated heterocycles. The zero-order valence-electron chi connectivity index (χ0n) is 14.3. The van der Waals surface area contributed by atoms with Gasteiger partial charge in [-0.3, -0.25) is 4.79 Å². The molecule has 1 N–H and O–H groups in total. The van der Waals surface area contributed by atoms with Crippen molar-refractivity contribution in [1.29, 1.82) is 0 Å². The Labute approximate surface area is 146 Å². The maximum Gasteiger partial charge on any atom is 0.228 e. The second kappa shape index (κ2) is 7.46. The van der Waals surface area contributed by atoms with E-state index in [-0.39, 0.29) is 17.6 Å². The number of benzene rings is 1. The van der Waals surface area contributed by atoms with Crippen molar-refractivity contribution >= 4 is 17.5 Å². The topological polar surface area (TPSA) is 67.3 Å². The highest BCUT2D eigenvalue weighted by molar-refractivity contribution is 5.92. The molecule has 0 spiro atoms. The lowest BCUT2D eigenvalue weighted by atomic mass is 9.96. The van der Waals surface area contributed by atoms with Gasteiger partial charge in [0, 0.05) is 36.5 Å². The van der Waals surface area contributed by atoms with Gasteiger partial charge < -0.3 is 15.0 Å². The maximum absolute atomic E-state index is 12.9. The number of hydrogen-bond donors (Lipinski definition) is 1. The van der Waals surface area contributed by atoms with Crippen molar-refractivity contribution in [3.05, 3.63) is 41.8 Å². The summed E-state index contributed by atoms with van der Waals surface area (Å²) >= 11 is 0. The number of methoxy groups -OCH3 is 1. The summed E-state index contributed by atoms with van der Waals surface area (Å²) in [6, 6.07) is 7.58.